The summed E-state index contributed by atoms with van der Waals surface area (Å²) in [5.41, 5.74) is 0. The maximum Gasteiger partial charge on any atom is 0.109 e. The summed E-state index contributed by atoms with van der Waals surface area (Å²) < 4.78 is 1.60. The Kier molecular flexibility index (Phi) is 2.01. The molecule has 1 aliphatic rings. The molecule has 0 aliphatic carbocycles. The van der Waals surface area contributed by atoms with Crippen LogP contribution in [0.3, 0.4) is 0 Å². The van der Waals surface area contributed by atoms with Gasteiger partial charge in [0.05, 0.1) is 0 Å². The van der Waals surface area contributed by atoms with Crippen LogP contribution in [0.2, 0.25) is 0 Å². The van der Waals surface area contributed by atoms with Crippen LogP contribution in [0.5, 0.6) is 0 Å². The lowest BCUT2D eigenvalue weighted by Gasteiger charge is -2.09. The van der Waals surface area contributed by atoms with Crippen molar-refractivity contribution >= 4 is 11.8 Å². The first kappa shape index (κ1) is 6.49. The molecule has 0 amide bonds. The SMILES string of the molecule is CC=CN1C=CN(Cl)C1. The minimum atomic E-state index is 0.742. The highest BCUT2D eigenvalue weighted by Gasteiger charge is 2.04. The maximum absolute atomic E-state index is 5.61. The van der Waals surface area contributed by atoms with E-state index in [-0.39, 0.29) is 0 Å². The highest BCUT2D eigenvalue weighted by Crippen LogP contribution is 2.08. The van der Waals surface area contributed by atoms with Crippen molar-refractivity contribution in [3.63, 3.8) is 0 Å². The molecule has 0 fully saturated rings. The van der Waals surface area contributed by atoms with Crippen molar-refractivity contribution in [2.75, 3.05) is 6.67 Å². The van der Waals surface area contributed by atoms with Crippen molar-refractivity contribution in [2.24, 2.45) is 0 Å². The molecule has 0 bridgehead atoms. The Morgan fingerprint density at radius 2 is 2.33 bits per heavy atom. The summed E-state index contributed by atoms with van der Waals surface area (Å²) in [6.07, 6.45) is 7.69. The van der Waals surface area contributed by atoms with E-state index in [1.165, 1.54) is 0 Å². The van der Waals surface area contributed by atoms with E-state index in [1.807, 2.05) is 36.5 Å². The first-order valence-corrected chi connectivity index (χ1v) is 3.16. The zero-order chi connectivity index (χ0) is 6.69. The molecule has 0 aromatic rings. The van der Waals surface area contributed by atoms with Crippen molar-refractivity contribution < 1.29 is 0 Å². The van der Waals surface area contributed by atoms with Gasteiger partial charge < -0.3 is 4.90 Å². The van der Waals surface area contributed by atoms with Crippen LogP contribution < -0.4 is 0 Å². The molecule has 1 aliphatic heterocycles. The Morgan fingerprint density at radius 3 is 2.78 bits per heavy atom. The second-order valence-electron chi connectivity index (χ2n) is 1.84. The maximum atomic E-state index is 5.61. The number of nitrogens with zero attached hydrogens (tertiary/aromatic N) is 2. The lowest BCUT2D eigenvalue weighted by molar-refractivity contribution is 0.437. The zero-order valence-electron chi connectivity index (χ0n) is 5.29. The number of hydrogen-bond acceptors (Lipinski definition) is 2. The van der Waals surface area contributed by atoms with E-state index in [4.69, 9.17) is 11.8 Å². The van der Waals surface area contributed by atoms with Gasteiger partial charge in [-0.15, -0.1) is 0 Å². The Hall–Kier alpha value is -0.630. The summed E-state index contributed by atoms with van der Waals surface area (Å²) in [5, 5.41) is 0. The molecule has 0 aromatic carbocycles. The van der Waals surface area contributed by atoms with E-state index in [9.17, 15) is 0 Å². The second kappa shape index (κ2) is 2.78. The predicted octanol–water partition coefficient (Wildman–Crippen LogP) is 1.72. The molecule has 0 spiro atoms. The van der Waals surface area contributed by atoms with Crippen molar-refractivity contribution in [3.8, 4) is 0 Å². The van der Waals surface area contributed by atoms with Crippen LogP contribution in [-0.2, 0) is 0 Å². The highest BCUT2D eigenvalue weighted by atomic mass is 35.5. The van der Waals surface area contributed by atoms with Crippen LogP contribution in [-0.4, -0.2) is 16.0 Å². The van der Waals surface area contributed by atoms with Gasteiger partial charge in [0.2, 0.25) is 0 Å². The summed E-state index contributed by atoms with van der Waals surface area (Å²) in [6.45, 7) is 2.72. The van der Waals surface area contributed by atoms with Gasteiger partial charge in [0.15, 0.2) is 0 Å². The van der Waals surface area contributed by atoms with Gasteiger partial charge in [-0.2, -0.15) is 0 Å². The smallest absolute Gasteiger partial charge is 0.109 e. The van der Waals surface area contributed by atoms with Crippen molar-refractivity contribution in [2.45, 2.75) is 6.92 Å². The van der Waals surface area contributed by atoms with E-state index in [0.29, 0.717) is 0 Å². The molecule has 50 valence electrons. The highest BCUT2D eigenvalue weighted by molar-refractivity contribution is 6.14. The molecule has 0 N–H and O–H groups in total. The Bertz CT molecular complexity index is 142. The van der Waals surface area contributed by atoms with Gasteiger partial charge in [0.1, 0.15) is 6.67 Å². The summed E-state index contributed by atoms with van der Waals surface area (Å²) in [5.74, 6) is 0. The molecule has 9 heavy (non-hydrogen) atoms. The molecule has 1 heterocycles. The first-order valence-electron chi connectivity index (χ1n) is 2.82. The third-order valence-electron chi connectivity index (χ3n) is 1.06. The standard InChI is InChI=1S/C6H9ClN2/c1-2-3-8-4-5-9(7)6-8/h2-5H,6H2,1H3. The molecule has 0 radical (unpaired) electrons. The van der Waals surface area contributed by atoms with Gasteiger partial charge in [-0.3, -0.25) is 4.42 Å². The number of hydrogen-bond donors (Lipinski definition) is 0. The van der Waals surface area contributed by atoms with Crippen molar-refractivity contribution in [3.05, 3.63) is 24.7 Å². The van der Waals surface area contributed by atoms with Crippen LogP contribution in [0.15, 0.2) is 24.7 Å². The molecule has 0 saturated carbocycles. The van der Waals surface area contributed by atoms with Crippen LogP contribution in [0.25, 0.3) is 0 Å². The third kappa shape index (κ3) is 1.64. The van der Waals surface area contributed by atoms with Gasteiger partial charge >= 0.3 is 0 Å². The van der Waals surface area contributed by atoms with E-state index in [1.54, 1.807) is 4.42 Å². The first-order chi connectivity index (χ1) is 4.33. The predicted molar refractivity (Wildman–Crippen MR) is 38.4 cm³/mol. The summed E-state index contributed by atoms with van der Waals surface area (Å²) >= 11 is 5.61. The lowest BCUT2D eigenvalue weighted by atomic mass is 10.6. The minimum absolute atomic E-state index is 0.742. The number of halogens is 1. The van der Waals surface area contributed by atoms with Gasteiger partial charge in [-0.1, -0.05) is 6.08 Å². The average molecular weight is 145 g/mol. The lowest BCUT2D eigenvalue weighted by Crippen LogP contribution is -2.13. The molecular formula is C6H9ClN2. The topological polar surface area (TPSA) is 6.48 Å². The second-order valence-corrected chi connectivity index (χ2v) is 2.27. The zero-order valence-corrected chi connectivity index (χ0v) is 6.04. The van der Waals surface area contributed by atoms with Crippen LogP contribution >= 0.6 is 11.8 Å². The van der Waals surface area contributed by atoms with Crippen LogP contribution in [0, 0.1) is 0 Å². The van der Waals surface area contributed by atoms with E-state index < -0.39 is 0 Å². The quantitative estimate of drug-likeness (QED) is 0.517. The van der Waals surface area contributed by atoms with E-state index in [2.05, 4.69) is 0 Å². The van der Waals surface area contributed by atoms with Gasteiger partial charge in [-0.05, 0) is 6.92 Å². The number of rotatable bonds is 1. The fourth-order valence-electron chi connectivity index (χ4n) is 0.697. The summed E-state index contributed by atoms with van der Waals surface area (Å²) in [6, 6.07) is 0. The third-order valence-corrected chi connectivity index (χ3v) is 1.28. The largest absolute Gasteiger partial charge is 0.334 e. The van der Waals surface area contributed by atoms with Gasteiger partial charge in [0.25, 0.3) is 0 Å². The minimum Gasteiger partial charge on any atom is -0.334 e. The number of allylic oxidation sites excluding steroid dienone is 1. The fourth-order valence-corrected chi connectivity index (χ4v) is 0.870. The fraction of sp³-hybridized carbons (Fsp3) is 0.333. The van der Waals surface area contributed by atoms with Crippen molar-refractivity contribution in [1.82, 2.24) is 9.32 Å². The summed E-state index contributed by atoms with van der Waals surface area (Å²) in [4.78, 5) is 1.99. The molecule has 2 nitrogen and oxygen atoms in total. The molecule has 3 heteroatoms. The molecule has 0 unspecified atom stereocenters. The normalized spacial score (nSPS) is 18.4. The van der Waals surface area contributed by atoms with E-state index >= 15 is 0 Å². The Morgan fingerprint density at radius 1 is 1.56 bits per heavy atom. The van der Waals surface area contributed by atoms with Gasteiger partial charge in [0, 0.05) is 30.4 Å². The van der Waals surface area contributed by atoms with Gasteiger partial charge in [-0.25, -0.2) is 0 Å². The molecule has 0 atom stereocenters. The summed E-state index contributed by atoms with van der Waals surface area (Å²) in [7, 11) is 0. The molecule has 0 aromatic heterocycles. The van der Waals surface area contributed by atoms with Crippen molar-refractivity contribution in [1.29, 1.82) is 0 Å². The molecule has 1 rings (SSSR count). The monoisotopic (exact) mass is 144 g/mol. The van der Waals surface area contributed by atoms with Crippen LogP contribution in [0.1, 0.15) is 6.92 Å². The molecular weight excluding hydrogens is 136 g/mol. The van der Waals surface area contributed by atoms with E-state index in [0.717, 1.165) is 6.67 Å². The average Bonchev–Trinajstić information content (AvgIpc) is 2.17. The molecule has 0 saturated heterocycles. The Labute approximate surface area is 60.1 Å². The Balaban J connectivity index is 2.41. The van der Waals surface area contributed by atoms with Crippen LogP contribution in [0.4, 0.5) is 0 Å².